The van der Waals surface area contributed by atoms with Gasteiger partial charge in [0.05, 0.1) is 29.5 Å². The Bertz CT molecular complexity index is 1510. The average molecular weight is 618 g/mol. The van der Waals surface area contributed by atoms with E-state index in [4.69, 9.17) is 19.2 Å². The van der Waals surface area contributed by atoms with Gasteiger partial charge in [-0.1, -0.05) is 30.0 Å². The van der Waals surface area contributed by atoms with Crippen molar-refractivity contribution >= 4 is 64.4 Å². The van der Waals surface area contributed by atoms with Crippen LogP contribution in [0.5, 0.6) is 17.2 Å². The van der Waals surface area contributed by atoms with E-state index in [9.17, 15) is 9.59 Å². The Labute approximate surface area is 254 Å². The highest BCUT2D eigenvalue weighted by atomic mass is 35.5. The van der Waals surface area contributed by atoms with Crippen LogP contribution in [-0.2, 0) is 16.0 Å². The standard InChI is InChI=1S/C29H28N4O5S.2ClH/c1-18(37-21-7-5-19(6-8-21)15-26-28(34)32-29(35)39-26)27-30-24-10-9-23(17-25(24)31-27)38-22-4-2-3-20(16-22)33-11-13-36-14-12-33;;/h2-10,16-18,26H,11-15H2,1H3,(H,30,31)(H,32,34,35);2*1H. The molecule has 0 spiro atoms. The Kier molecular flexibility index (Phi) is 10.0. The second-order valence-corrected chi connectivity index (χ2v) is 10.7. The zero-order chi connectivity index (χ0) is 26.8. The maximum absolute atomic E-state index is 11.8. The van der Waals surface area contributed by atoms with E-state index in [-0.39, 0.29) is 47.3 Å². The molecule has 41 heavy (non-hydrogen) atoms. The number of amides is 2. The Morgan fingerprint density at radius 2 is 1.73 bits per heavy atom. The predicted molar refractivity (Wildman–Crippen MR) is 164 cm³/mol. The zero-order valence-corrected chi connectivity index (χ0v) is 24.7. The number of H-pyrrole nitrogens is 1. The molecule has 2 aliphatic heterocycles. The molecule has 3 aromatic carbocycles. The van der Waals surface area contributed by atoms with E-state index in [2.05, 4.69) is 27.3 Å². The summed E-state index contributed by atoms with van der Waals surface area (Å²) < 4.78 is 17.7. The first kappa shape index (κ1) is 30.5. The number of anilines is 1. The fourth-order valence-electron chi connectivity index (χ4n) is 4.67. The van der Waals surface area contributed by atoms with Gasteiger partial charge in [-0.05, 0) is 55.3 Å². The lowest BCUT2D eigenvalue weighted by molar-refractivity contribution is -0.118. The molecule has 0 bridgehead atoms. The Hall–Kier alpha value is -3.44. The lowest BCUT2D eigenvalue weighted by atomic mass is 10.1. The van der Waals surface area contributed by atoms with Gasteiger partial charge in [-0.15, -0.1) is 24.8 Å². The minimum absolute atomic E-state index is 0. The molecule has 2 fully saturated rings. The smallest absolute Gasteiger partial charge is 0.286 e. The molecular formula is C29H30Cl2N4O5S. The van der Waals surface area contributed by atoms with E-state index in [1.54, 1.807) is 0 Å². The molecule has 9 nitrogen and oxygen atoms in total. The zero-order valence-electron chi connectivity index (χ0n) is 22.2. The summed E-state index contributed by atoms with van der Waals surface area (Å²) in [6, 6.07) is 21.4. The normalized spacial score (nSPS) is 17.4. The number of rotatable bonds is 8. The second kappa shape index (κ2) is 13.5. The monoisotopic (exact) mass is 616 g/mol. The molecule has 0 radical (unpaired) electrons. The molecule has 2 N–H and O–H groups in total. The predicted octanol–water partition coefficient (Wildman–Crippen LogP) is 6.07. The van der Waals surface area contributed by atoms with E-state index >= 15 is 0 Å². The van der Waals surface area contributed by atoms with Crippen molar-refractivity contribution < 1.29 is 23.8 Å². The largest absolute Gasteiger partial charge is 0.483 e. The molecular weight excluding hydrogens is 587 g/mol. The van der Waals surface area contributed by atoms with Gasteiger partial charge in [-0.3, -0.25) is 14.9 Å². The van der Waals surface area contributed by atoms with Crippen LogP contribution in [-0.4, -0.2) is 52.7 Å². The number of carbonyl (C=O) groups is 2. The maximum Gasteiger partial charge on any atom is 0.286 e. The van der Waals surface area contributed by atoms with E-state index in [1.165, 1.54) is 0 Å². The average Bonchev–Trinajstić information content (AvgIpc) is 3.52. The third kappa shape index (κ3) is 7.26. The van der Waals surface area contributed by atoms with Crippen molar-refractivity contribution in [1.29, 1.82) is 0 Å². The number of nitrogens with one attached hydrogen (secondary N) is 2. The number of nitrogens with zero attached hydrogens (tertiary/aromatic N) is 2. The van der Waals surface area contributed by atoms with Crippen LogP contribution >= 0.6 is 36.6 Å². The Balaban J connectivity index is 0.00000194. The molecule has 4 aromatic rings. The van der Waals surface area contributed by atoms with Crippen molar-refractivity contribution in [2.75, 3.05) is 31.2 Å². The van der Waals surface area contributed by atoms with Crippen molar-refractivity contribution in [2.45, 2.75) is 24.7 Å². The fraction of sp³-hybridized carbons (Fsp3) is 0.276. The van der Waals surface area contributed by atoms with Crippen molar-refractivity contribution in [3.63, 3.8) is 0 Å². The number of aromatic amines is 1. The highest BCUT2D eigenvalue weighted by molar-refractivity contribution is 8.15. The molecule has 2 unspecified atom stereocenters. The summed E-state index contributed by atoms with van der Waals surface area (Å²) >= 11 is 1.03. The van der Waals surface area contributed by atoms with Crippen LogP contribution in [0.4, 0.5) is 10.5 Å². The Morgan fingerprint density at radius 1 is 1.00 bits per heavy atom. The number of hydrogen-bond acceptors (Lipinski definition) is 8. The number of morpholine rings is 1. The van der Waals surface area contributed by atoms with E-state index in [0.29, 0.717) is 18.0 Å². The van der Waals surface area contributed by atoms with Crippen molar-refractivity contribution in [2.24, 2.45) is 0 Å². The molecule has 2 amide bonds. The van der Waals surface area contributed by atoms with Crippen molar-refractivity contribution in [1.82, 2.24) is 15.3 Å². The fourth-order valence-corrected chi connectivity index (χ4v) is 5.53. The number of aromatic nitrogens is 2. The number of hydrogen-bond donors (Lipinski definition) is 2. The van der Waals surface area contributed by atoms with Crippen LogP contribution in [0, 0.1) is 0 Å². The third-order valence-electron chi connectivity index (χ3n) is 6.71. The molecule has 2 atom stereocenters. The van der Waals surface area contributed by atoms with E-state index in [0.717, 1.165) is 71.8 Å². The minimum Gasteiger partial charge on any atom is -0.483 e. The highest BCUT2D eigenvalue weighted by Gasteiger charge is 2.31. The van der Waals surface area contributed by atoms with Gasteiger partial charge < -0.3 is 24.1 Å². The maximum atomic E-state index is 11.8. The number of thioether (sulfide) groups is 1. The van der Waals surface area contributed by atoms with E-state index in [1.807, 2.05) is 61.5 Å². The Morgan fingerprint density at radius 3 is 2.46 bits per heavy atom. The number of imidazole rings is 1. The van der Waals surface area contributed by atoms with Crippen molar-refractivity contribution in [3.8, 4) is 17.2 Å². The van der Waals surface area contributed by atoms with E-state index < -0.39 is 0 Å². The van der Waals surface area contributed by atoms with Crippen LogP contribution in [0.1, 0.15) is 24.4 Å². The molecule has 6 rings (SSSR count). The number of halogens is 2. The summed E-state index contributed by atoms with van der Waals surface area (Å²) in [5.41, 5.74) is 3.77. The van der Waals surface area contributed by atoms with Crippen molar-refractivity contribution in [3.05, 3.63) is 78.1 Å². The highest BCUT2D eigenvalue weighted by Crippen LogP contribution is 2.30. The minimum atomic E-state index is -0.388. The first-order chi connectivity index (χ1) is 19.0. The summed E-state index contributed by atoms with van der Waals surface area (Å²) in [5.74, 6) is 2.65. The molecule has 2 aliphatic rings. The van der Waals surface area contributed by atoms with Crippen LogP contribution in [0.3, 0.4) is 0 Å². The number of fused-ring (bicyclic) bond motifs is 1. The molecule has 0 aliphatic carbocycles. The van der Waals surface area contributed by atoms with Crippen LogP contribution in [0.2, 0.25) is 0 Å². The van der Waals surface area contributed by atoms with Gasteiger partial charge in [0.2, 0.25) is 5.91 Å². The second-order valence-electron chi connectivity index (χ2n) is 9.49. The van der Waals surface area contributed by atoms with Gasteiger partial charge in [0, 0.05) is 30.9 Å². The lowest BCUT2D eigenvalue weighted by Crippen LogP contribution is -2.36. The SMILES string of the molecule is CC(Oc1ccc(CC2SC(=O)NC2=O)cc1)c1nc2ccc(Oc3cccc(N4CCOCC4)c3)cc2[nH]1.Cl.Cl. The van der Waals surface area contributed by atoms with Gasteiger partial charge >= 0.3 is 0 Å². The third-order valence-corrected chi connectivity index (χ3v) is 7.69. The summed E-state index contributed by atoms with van der Waals surface area (Å²) in [4.78, 5) is 33.6. The first-order valence-corrected chi connectivity index (χ1v) is 13.8. The molecule has 3 heterocycles. The number of ether oxygens (including phenoxy) is 3. The lowest BCUT2D eigenvalue weighted by Gasteiger charge is -2.29. The number of imide groups is 1. The molecule has 12 heteroatoms. The molecule has 1 aromatic heterocycles. The van der Waals surface area contributed by atoms with Crippen LogP contribution in [0.25, 0.3) is 11.0 Å². The molecule has 0 saturated carbocycles. The van der Waals surface area contributed by atoms with Gasteiger partial charge in [0.15, 0.2) is 6.10 Å². The summed E-state index contributed by atoms with van der Waals surface area (Å²) in [5, 5.41) is 1.64. The molecule has 216 valence electrons. The van der Waals surface area contributed by atoms with Gasteiger partial charge in [-0.25, -0.2) is 4.98 Å². The summed E-state index contributed by atoms with van der Waals surface area (Å²) in [7, 11) is 0. The topological polar surface area (TPSA) is 106 Å². The molecule has 2 saturated heterocycles. The van der Waals surface area contributed by atoms with Gasteiger partial charge in [-0.2, -0.15) is 0 Å². The van der Waals surface area contributed by atoms with Gasteiger partial charge in [0.1, 0.15) is 23.1 Å². The number of benzene rings is 3. The van der Waals surface area contributed by atoms with Crippen LogP contribution in [0.15, 0.2) is 66.7 Å². The summed E-state index contributed by atoms with van der Waals surface area (Å²) in [6.07, 6.45) is 0.176. The van der Waals surface area contributed by atoms with Crippen LogP contribution < -0.4 is 19.7 Å². The quantitative estimate of drug-likeness (QED) is 0.246. The van der Waals surface area contributed by atoms with Gasteiger partial charge in [0.25, 0.3) is 5.24 Å². The first-order valence-electron chi connectivity index (χ1n) is 12.9. The number of carbonyl (C=O) groups excluding carboxylic acids is 2. The summed E-state index contributed by atoms with van der Waals surface area (Å²) in [6.45, 7) is 5.15.